The number of nitrogens with zero attached hydrogens (tertiary/aromatic N) is 1. The molecule has 0 aromatic heterocycles. The van der Waals surface area contributed by atoms with Crippen LogP contribution in [0.5, 0.6) is 0 Å². The van der Waals surface area contributed by atoms with Gasteiger partial charge in [-0.25, -0.2) is 0 Å². The molecule has 1 aromatic rings. The van der Waals surface area contributed by atoms with Crippen molar-refractivity contribution in [2.45, 2.75) is 38.1 Å². The van der Waals surface area contributed by atoms with E-state index in [-0.39, 0.29) is 5.91 Å². The van der Waals surface area contributed by atoms with Gasteiger partial charge in [-0.3, -0.25) is 4.79 Å². The van der Waals surface area contributed by atoms with Crippen LogP contribution in [0.3, 0.4) is 0 Å². The smallest absolute Gasteiger partial charge is 0.254 e. The lowest BCUT2D eigenvalue weighted by Gasteiger charge is -2.37. The van der Waals surface area contributed by atoms with Gasteiger partial charge in [-0.05, 0) is 49.8 Å². The van der Waals surface area contributed by atoms with E-state index in [1.807, 2.05) is 18.2 Å². The molecule has 3 rings (SSSR count). The van der Waals surface area contributed by atoms with E-state index < -0.39 is 0 Å². The summed E-state index contributed by atoms with van der Waals surface area (Å²) >= 11 is 0. The van der Waals surface area contributed by atoms with Gasteiger partial charge in [0.2, 0.25) is 0 Å². The van der Waals surface area contributed by atoms with Gasteiger partial charge >= 0.3 is 0 Å². The minimum absolute atomic E-state index is 0.166. The molecule has 1 aromatic carbocycles. The number of hydrogen-bond donors (Lipinski definition) is 1. The second-order valence-electron chi connectivity index (χ2n) is 5.52. The number of piperidine rings is 1. The number of nitrogen functional groups attached to an aromatic ring is 1. The molecule has 2 unspecified atom stereocenters. The maximum atomic E-state index is 12.6. The molecule has 1 aliphatic heterocycles. The molecular weight excluding hydrogens is 224 g/mol. The van der Waals surface area contributed by atoms with Crippen molar-refractivity contribution < 1.29 is 4.79 Å². The summed E-state index contributed by atoms with van der Waals surface area (Å²) in [5.41, 5.74) is 7.17. The van der Waals surface area contributed by atoms with Crippen LogP contribution in [0, 0.1) is 5.92 Å². The summed E-state index contributed by atoms with van der Waals surface area (Å²) in [5.74, 6) is 0.905. The quantitative estimate of drug-likeness (QED) is 0.772. The topological polar surface area (TPSA) is 46.3 Å². The van der Waals surface area contributed by atoms with Gasteiger partial charge in [-0.2, -0.15) is 0 Å². The van der Waals surface area contributed by atoms with E-state index in [1.165, 1.54) is 25.7 Å². The zero-order chi connectivity index (χ0) is 12.5. The Kier molecular flexibility index (Phi) is 2.98. The van der Waals surface area contributed by atoms with Gasteiger partial charge in [0.15, 0.2) is 0 Å². The molecule has 0 radical (unpaired) electrons. The Hall–Kier alpha value is -1.51. The first kappa shape index (κ1) is 11.6. The molecule has 0 spiro atoms. The fourth-order valence-corrected chi connectivity index (χ4v) is 3.54. The number of hydrogen-bond acceptors (Lipinski definition) is 2. The van der Waals surface area contributed by atoms with Gasteiger partial charge < -0.3 is 10.6 Å². The first-order valence-electron chi connectivity index (χ1n) is 6.92. The van der Waals surface area contributed by atoms with E-state index in [9.17, 15) is 4.79 Å². The largest absolute Gasteiger partial charge is 0.399 e. The summed E-state index contributed by atoms with van der Waals surface area (Å²) in [4.78, 5) is 14.7. The summed E-state index contributed by atoms with van der Waals surface area (Å²) in [5, 5.41) is 0. The van der Waals surface area contributed by atoms with Crippen molar-refractivity contribution in [2.75, 3.05) is 12.3 Å². The summed E-state index contributed by atoms with van der Waals surface area (Å²) in [6.45, 7) is 0.912. The number of fused-ring (bicyclic) bond motifs is 1. The standard InChI is InChI=1S/C15H20N2O/c16-13-7-1-5-12(10-13)15(18)17-9-3-6-11-4-2-8-14(11)17/h1,5,7,10-11,14H,2-4,6,8-9,16H2. The van der Waals surface area contributed by atoms with Crippen LogP contribution in [0.1, 0.15) is 42.5 Å². The van der Waals surface area contributed by atoms with Crippen molar-refractivity contribution in [3.05, 3.63) is 29.8 Å². The monoisotopic (exact) mass is 244 g/mol. The summed E-state index contributed by atoms with van der Waals surface area (Å²) < 4.78 is 0. The van der Waals surface area contributed by atoms with Crippen LogP contribution in [0.15, 0.2) is 24.3 Å². The third-order valence-corrected chi connectivity index (χ3v) is 4.39. The third-order valence-electron chi connectivity index (χ3n) is 4.39. The maximum absolute atomic E-state index is 12.6. The Morgan fingerprint density at radius 3 is 2.89 bits per heavy atom. The predicted octanol–water partition coefficient (Wildman–Crippen LogP) is 2.67. The average molecular weight is 244 g/mol. The number of likely N-dealkylation sites (tertiary alicyclic amines) is 1. The number of amides is 1. The highest BCUT2D eigenvalue weighted by Gasteiger charge is 2.37. The second kappa shape index (κ2) is 4.63. The number of nitrogens with two attached hydrogens (primary N) is 1. The Balaban J connectivity index is 1.83. The molecule has 1 amide bonds. The molecule has 3 nitrogen and oxygen atoms in total. The van der Waals surface area contributed by atoms with E-state index in [0.29, 0.717) is 11.7 Å². The van der Waals surface area contributed by atoms with Gasteiger partial charge in [-0.15, -0.1) is 0 Å². The summed E-state index contributed by atoms with van der Waals surface area (Å²) in [6.07, 6.45) is 6.20. The Morgan fingerprint density at radius 1 is 1.22 bits per heavy atom. The SMILES string of the molecule is Nc1cccc(C(=O)N2CCCC3CCCC32)c1. The van der Waals surface area contributed by atoms with E-state index in [2.05, 4.69) is 4.90 Å². The molecule has 3 heteroatoms. The molecule has 96 valence electrons. The van der Waals surface area contributed by atoms with Gasteiger partial charge in [-0.1, -0.05) is 12.5 Å². The Labute approximate surface area is 108 Å². The molecule has 1 saturated carbocycles. The maximum Gasteiger partial charge on any atom is 0.254 e. The molecule has 1 saturated heterocycles. The zero-order valence-electron chi connectivity index (χ0n) is 10.6. The van der Waals surface area contributed by atoms with Crippen LogP contribution in [-0.2, 0) is 0 Å². The highest BCUT2D eigenvalue weighted by Crippen LogP contribution is 2.37. The van der Waals surface area contributed by atoms with Crippen LogP contribution in [0.25, 0.3) is 0 Å². The lowest BCUT2D eigenvalue weighted by atomic mass is 9.91. The highest BCUT2D eigenvalue weighted by molar-refractivity contribution is 5.95. The number of benzene rings is 1. The van der Waals surface area contributed by atoms with Crippen LogP contribution >= 0.6 is 0 Å². The Bertz CT molecular complexity index is 458. The second-order valence-corrected chi connectivity index (χ2v) is 5.52. The molecule has 1 heterocycles. The van der Waals surface area contributed by atoms with Gasteiger partial charge in [0.1, 0.15) is 0 Å². The van der Waals surface area contributed by atoms with Crippen molar-refractivity contribution in [3.63, 3.8) is 0 Å². The third kappa shape index (κ3) is 1.98. The normalized spacial score (nSPS) is 27.0. The molecule has 18 heavy (non-hydrogen) atoms. The van der Waals surface area contributed by atoms with Crippen molar-refractivity contribution >= 4 is 11.6 Å². The van der Waals surface area contributed by atoms with E-state index in [0.717, 1.165) is 24.4 Å². The van der Waals surface area contributed by atoms with Gasteiger partial charge in [0.05, 0.1) is 0 Å². The van der Waals surface area contributed by atoms with Crippen molar-refractivity contribution in [2.24, 2.45) is 5.92 Å². The molecule has 2 atom stereocenters. The molecule has 2 N–H and O–H groups in total. The number of rotatable bonds is 1. The number of carbonyl (C=O) groups excluding carboxylic acids is 1. The molecule has 0 bridgehead atoms. The van der Waals surface area contributed by atoms with Crippen LogP contribution in [-0.4, -0.2) is 23.4 Å². The van der Waals surface area contributed by atoms with Gasteiger partial charge in [0.25, 0.3) is 5.91 Å². The molecule has 2 aliphatic rings. The minimum Gasteiger partial charge on any atom is -0.399 e. The first-order valence-corrected chi connectivity index (χ1v) is 6.92. The van der Waals surface area contributed by atoms with Crippen molar-refractivity contribution in [1.29, 1.82) is 0 Å². The van der Waals surface area contributed by atoms with Crippen LogP contribution in [0.2, 0.25) is 0 Å². The van der Waals surface area contributed by atoms with E-state index in [1.54, 1.807) is 6.07 Å². The van der Waals surface area contributed by atoms with Gasteiger partial charge in [0, 0.05) is 23.8 Å². The van der Waals surface area contributed by atoms with Crippen molar-refractivity contribution in [1.82, 2.24) is 4.90 Å². The van der Waals surface area contributed by atoms with Crippen LogP contribution < -0.4 is 5.73 Å². The number of carbonyl (C=O) groups is 1. The fraction of sp³-hybridized carbons (Fsp3) is 0.533. The van der Waals surface area contributed by atoms with E-state index >= 15 is 0 Å². The Morgan fingerprint density at radius 2 is 2.06 bits per heavy atom. The molecule has 1 aliphatic carbocycles. The first-order chi connectivity index (χ1) is 8.75. The van der Waals surface area contributed by atoms with Crippen molar-refractivity contribution in [3.8, 4) is 0 Å². The fourth-order valence-electron chi connectivity index (χ4n) is 3.54. The average Bonchev–Trinajstić information content (AvgIpc) is 2.86. The van der Waals surface area contributed by atoms with Crippen LogP contribution in [0.4, 0.5) is 5.69 Å². The summed E-state index contributed by atoms with van der Waals surface area (Å²) in [7, 11) is 0. The predicted molar refractivity (Wildman–Crippen MR) is 72.3 cm³/mol. The lowest BCUT2D eigenvalue weighted by Crippen LogP contribution is -2.46. The summed E-state index contributed by atoms with van der Waals surface area (Å²) in [6, 6.07) is 7.83. The minimum atomic E-state index is 0.166. The number of anilines is 1. The zero-order valence-corrected chi connectivity index (χ0v) is 10.6. The highest BCUT2D eigenvalue weighted by atomic mass is 16.2. The lowest BCUT2D eigenvalue weighted by molar-refractivity contribution is 0.0548. The van der Waals surface area contributed by atoms with E-state index in [4.69, 9.17) is 5.73 Å². The molecule has 2 fully saturated rings. The molecular formula is C15H20N2O.